The fourth-order valence-electron chi connectivity index (χ4n) is 4.73. The Kier molecular flexibility index (Phi) is 5.10. The van der Waals surface area contributed by atoms with Crippen LogP contribution < -0.4 is 4.74 Å². The van der Waals surface area contributed by atoms with Gasteiger partial charge in [0, 0.05) is 11.8 Å². The van der Waals surface area contributed by atoms with Crippen LogP contribution >= 0.6 is 0 Å². The normalized spacial score (nSPS) is 30.9. The summed E-state index contributed by atoms with van der Waals surface area (Å²) in [6.45, 7) is 6.22. The van der Waals surface area contributed by atoms with E-state index in [0.29, 0.717) is 17.8 Å². The van der Waals surface area contributed by atoms with Crippen molar-refractivity contribution in [1.29, 1.82) is 0 Å². The predicted molar refractivity (Wildman–Crippen MR) is 96.4 cm³/mol. The minimum atomic E-state index is -0.654. The Balaban J connectivity index is 1.72. The number of aliphatic hydroxyl groups is 1. The summed E-state index contributed by atoms with van der Waals surface area (Å²) in [4.78, 5) is 12.2. The second-order valence-electron chi connectivity index (χ2n) is 8.42. The number of ether oxygens (including phenoxy) is 2. The molecule has 138 valence electrons. The van der Waals surface area contributed by atoms with E-state index in [4.69, 9.17) is 9.47 Å². The van der Waals surface area contributed by atoms with E-state index in [1.807, 2.05) is 12.1 Å². The van der Waals surface area contributed by atoms with Gasteiger partial charge in [0.2, 0.25) is 0 Å². The van der Waals surface area contributed by atoms with Crippen molar-refractivity contribution in [3.05, 3.63) is 29.8 Å². The van der Waals surface area contributed by atoms with Crippen molar-refractivity contribution < 1.29 is 19.4 Å². The van der Waals surface area contributed by atoms with Crippen LogP contribution in [-0.4, -0.2) is 30.4 Å². The van der Waals surface area contributed by atoms with E-state index in [0.717, 1.165) is 25.0 Å². The average molecular weight is 346 g/mol. The summed E-state index contributed by atoms with van der Waals surface area (Å²) in [5.74, 6) is 2.07. The van der Waals surface area contributed by atoms with Gasteiger partial charge in [-0.2, -0.15) is 0 Å². The lowest BCUT2D eigenvalue weighted by Gasteiger charge is -2.61. The number of fused-ring (bicyclic) bond motifs is 2. The fraction of sp³-hybridized carbons (Fsp3) is 0.667. The van der Waals surface area contributed by atoms with Crippen LogP contribution in [0.3, 0.4) is 0 Å². The first kappa shape index (κ1) is 18.2. The molecule has 1 aromatic rings. The van der Waals surface area contributed by atoms with E-state index in [1.165, 1.54) is 5.56 Å². The van der Waals surface area contributed by atoms with E-state index >= 15 is 0 Å². The third-order valence-electron chi connectivity index (χ3n) is 6.38. The quantitative estimate of drug-likeness (QED) is 0.800. The van der Waals surface area contributed by atoms with Crippen molar-refractivity contribution in [2.24, 2.45) is 23.2 Å². The average Bonchev–Trinajstić information content (AvgIpc) is 2.55. The van der Waals surface area contributed by atoms with Gasteiger partial charge in [0.1, 0.15) is 11.9 Å². The van der Waals surface area contributed by atoms with Crippen LogP contribution in [0.25, 0.3) is 0 Å². The topological polar surface area (TPSA) is 55.8 Å². The highest BCUT2D eigenvalue weighted by Crippen LogP contribution is 2.61. The number of benzene rings is 1. The van der Waals surface area contributed by atoms with E-state index in [1.54, 1.807) is 14.0 Å². The molecule has 0 unspecified atom stereocenters. The van der Waals surface area contributed by atoms with Gasteiger partial charge in [-0.05, 0) is 55.2 Å². The van der Waals surface area contributed by atoms with Gasteiger partial charge in [-0.15, -0.1) is 0 Å². The van der Waals surface area contributed by atoms with Gasteiger partial charge in [-0.1, -0.05) is 26.0 Å². The maximum atomic E-state index is 12.2. The monoisotopic (exact) mass is 346 g/mol. The second kappa shape index (κ2) is 6.99. The third kappa shape index (κ3) is 3.69. The van der Waals surface area contributed by atoms with Gasteiger partial charge < -0.3 is 14.6 Å². The number of hydrogen-bond acceptors (Lipinski definition) is 4. The van der Waals surface area contributed by atoms with Gasteiger partial charge in [0.05, 0.1) is 19.6 Å². The number of carbonyl (C=O) groups excluding carboxylic acids is 1. The summed E-state index contributed by atoms with van der Waals surface area (Å²) >= 11 is 0. The Morgan fingerprint density at radius 2 is 1.96 bits per heavy atom. The summed E-state index contributed by atoms with van der Waals surface area (Å²) in [5.41, 5.74) is 1.49. The van der Waals surface area contributed by atoms with Crippen LogP contribution in [-0.2, 0) is 16.0 Å². The molecule has 25 heavy (non-hydrogen) atoms. The van der Waals surface area contributed by atoms with Gasteiger partial charge in [0.15, 0.2) is 0 Å². The molecular weight excluding hydrogens is 316 g/mol. The Morgan fingerprint density at radius 3 is 2.52 bits per heavy atom. The maximum Gasteiger partial charge on any atom is 0.308 e. The summed E-state index contributed by atoms with van der Waals surface area (Å²) in [6.07, 6.45) is 2.54. The molecule has 0 radical (unpaired) electrons. The number of aliphatic hydroxyl groups excluding tert-OH is 1. The standard InChI is InChI=1S/C21H30O4/c1-13(22)9-19(23)25-20-15(11-16-12-18(20)21(16,2)3)10-14-5-7-17(24-4)8-6-14/h5-8,13,15-16,18,20,22H,9-12H2,1-4H3/t13-,15+,16-,18-,20+/m0/s1. The van der Waals surface area contributed by atoms with Crippen LogP contribution in [0.2, 0.25) is 0 Å². The first-order valence-electron chi connectivity index (χ1n) is 9.31. The minimum absolute atomic E-state index is 0.0478. The van der Waals surface area contributed by atoms with Crippen LogP contribution in [0.4, 0.5) is 0 Å². The molecule has 0 spiro atoms. The van der Waals surface area contributed by atoms with Crippen molar-refractivity contribution in [2.45, 2.75) is 58.7 Å². The SMILES string of the molecule is COc1ccc(C[C@@H]2C[C@H]3C[C@@H]([C@@H]2OC(=O)C[C@H](C)O)C3(C)C)cc1. The van der Waals surface area contributed by atoms with E-state index in [9.17, 15) is 9.90 Å². The molecular formula is C21H30O4. The molecule has 0 aliphatic heterocycles. The Bertz CT molecular complexity index is 605. The van der Waals surface area contributed by atoms with Gasteiger partial charge in [-0.25, -0.2) is 0 Å². The highest BCUT2D eigenvalue weighted by atomic mass is 16.5. The molecule has 3 aliphatic rings. The van der Waals surface area contributed by atoms with E-state index in [-0.39, 0.29) is 23.9 Å². The summed E-state index contributed by atoms with van der Waals surface area (Å²) < 4.78 is 11.1. The molecule has 3 aliphatic carbocycles. The first-order valence-corrected chi connectivity index (χ1v) is 9.31. The van der Waals surface area contributed by atoms with Crippen molar-refractivity contribution in [2.75, 3.05) is 7.11 Å². The van der Waals surface area contributed by atoms with E-state index in [2.05, 4.69) is 26.0 Å². The molecule has 1 aromatic carbocycles. The second-order valence-corrected chi connectivity index (χ2v) is 8.42. The maximum absolute atomic E-state index is 12.2. The van der Waals surface area contributed by atoms with Crippen LogP contribution in [0, 0.1) is 23.2 Å². The molecule has 1 N–H and O–H groups in total. The highest BCUT2D eigenvalue weighted by Gasteiger charge is 2.59. The lowest BCUT2D eigenvalue weighted by molar-refractivity contribution is -0.199. The van der Waals surface area contributed by atoms with Crippen LogP contribution in [0.15, 0.2) is 24.3 Å². The highest BCUT2D eigenvalue weighted by molar-refractivity contribution is 5.70. The number of methoxy groups -OCH3 is 1. The molecule has 0 aromatic heterocycles. The zero-order chi connectivity index (χ0) is 18.2. The smallest absolute Gasteiger partial charge is 0.308 e. The summed E-state index contributed by atoms with van der Waals surface area (Å²) in [6, 6.07) is 8.16. The molecule has 4 nitrogen and oxygen atoms in total. The predicted octanol–water partition coefficient (Wildman–Crippen LogP) is 3.60. The number of hydrogen-bond donors (Lipinski definition) is 1. The van der Waals surface area contributed by atoms with Gasteiger partial charge in [0.25, 0.3) is 0 Å². The van der Waals surface area contributed by atoms with Crippen molar-refractivity contribution >= 4 is 5.97 Å². The number of esters is 1. The fourth-order valence-corrected chi connectivity index (χ4v) is 4.73. The lowest BCUT2D eigenvalue weighted by atomic mass is 9.45. The molecule has 4 rings (SSSR count). The molecule has 0 amide bonds. The Labute approximate surface area is 150 Å². The van der Waals surface area contributed by atoms with Crippen molar-refractivity contribution in [3.8, 4) is 5.75 Å². The van der Waals surface area contributed by atoms with Gasteiger partial charge in [-0.3, -0.25) is 4.79 Å². The summed E-state index contributed by atoms with van der Waals surface area (Å²) in [7, 11) is 1.67. The molecule has 5 atom stereocenters. The molecule has 0 heterocycles. The largest absolute Gasteiger partial charge is 0.497 e. The third-order valence-corrected chi connectivity index (χ3v) is 6.38. The summed E-state index contributed by atoms with van der Waals surface area (Å²) in [5, 5.41) is 9.47. The molecule has 4 heteroatoms. The van der Waals surface area contributed by atoms with Crippen molar-refractivity contribution in [3.63, 3.8) is 0 Å². The first-order chi connectivity index (χ1) is 11.8. The molecule has 2 bridgehead atoms. The number of rotatable bonds is 6. The Hall–Kier alpha value is -1.55. The van der Waals surface area contributed by atoms with Gasteiger partial charge >= 0.3 is 5.97 Å². The van der Waals surface area contributed by atoms with Crippen LogP contribution in [0.5, 0.6) is 5.75 Å². The zero-order valence-corrected chi connectivity index (χ0v) is 15.7. The Morgan fingerprint density at radius 1 is 1.28 bits per heavy atom. The minimum Gasteiger partial charge on any atom is -0.497 e. The molecule has 3 saturated carbocycles. The van der Waals surface area contributed by atoms with E-state index < -0.39 is 6.10 Å². The lowest BCUT2D eigenvalue weighted by Crippen LogP contribution is -2.59. The molecule has 0 saturated heterocycles. The molecule has 3 fully saturated rings. The van der Waals surface area contributed by atoms with Crippen LogP contribution in [0.1, 0.15) is 45.6 Å². The van der Waals surface area contributed by atoms with Crippen molar-refractivity contribution in [1.82, 2.24) is 0 Å². The zero-order valence-electron chi connectivity index (χ0n) is 15.7. The number of carbonyl (C=O) groups is 1.